The molecule has 1 aromatic carbocycles. The van der Waals surface area contributed by atoms with Gasteiger partial charge in [-0.15, -0.1) is 12.4 Å². The second kappa shape index (κ2) is 10.8. The highest BCUT2D eigenvalue weighted by atomic mass is 35.5. The van der Waals surface area contributed by atoms with E-state index < -0.39 is 0 Å². The molecule has 2 saturated heterocycles. The first-order valence-electron chi connectivity index (χ1n) is 13.8. The fraction of sp³-hybridized carbons (Fsp3) is 0.793. The predicted octanol–water partition coefficient (Wildman–Crippen LogP) is 6.95. The Morgan fingerprint density at radius 3 is 2.03 bits per heavy atom. The van der Waals surface area contributed by atoms with E-state index in [0.29, 0.717) is 5.41 Å². The molecule has 0 unspecified atom stereocenters. The van der Waals surface area contributed by atoms with Crippen LogP contribution in [-0.2, 0) is 0 Å². The minimum absolute atomic E-state index is 0. The Kier molecular flexibility index (Phi) is 8.22. The molecule has 0 radical (unpaired) electrons. The monoisotopic (exact) mass is 473 g/mol. The van der Waals surface area contributed by atoms with E-state index in [1.165, 1.54) is 109 Å². The lowest BCUT2D eigenvalue weighted by Crippen LogP contribution is -2.47. The summed E-state index contributed by atoms with van der Waals surface area (Å²) in [5.74, 6) is 2.65. The van der Waals surface area contributed by atoms with Gasteiger partial charge >= 0.3 is 0 Å². The summed E-state index contributed by atoms with van der Waals surface area (Å²) in [4.78, 5) is 8.12. The van der Waals surface area contributed by atoms with Crippen molar-refractivity contribution in [3.8, 4) is 0 Å². The molecule has 0 atom stereocenters. The normalized spacial score (nSPS) is 27.4. The maximum atomic E-state index is 2.73. The van der Waals surface area contributed by atoms with Gasteiger partial charge in [-0.2, -0.15) is 0 Å². The van der Waals surface area contributed by atoms with Crippen LogP contribution in [0, 0.1) is 17.3 Å². The summed E-state index contributed by atoms with van der Waals surface area (Å²) in [6, 6.07) is 7.58. The van der Waals surface area contributed by atoms with Crippen LogP contribution in [0.4, 0.5) is 11.4 Å². The van der Waals surface area contributed by atoms with E-state index in [1.54, 1.807) is 11.3 Å². The number of anilines is 2. The van der Waals surface area contributed by atoms with Gasteiger partial charge < -0.3 is 9.80 Å². The molecule has 0 N–H and O–H groups in total. The Hall–Kier alpha value is -0.930. The van der Waals surface area contributed by atoms with E-state index in [2.05, 4.69) is 53.7 Å². The first-order valence-corrected chi connectivity index (χ1v) is 13.8. The highest BCUT2D eigenvalue weighted by molar-refractivity contribution is 5.85. The van der Waals surface area contributed by atoms with Crippen molar-refractivity contribution in [3.63, 3.8) is 0 Å². The Morgan fingerprint density at radius 2 is 1.42 bits per heavy atom. The maximum absolute atomic E-state index is 2.73. The van der Waals surface area contributed by atoms with Crippen LogP contribution in [0.15, 0.2) is 18.2 Å². The van der Waals surface area contributed by atoms with E-state index in [1.807, 2.05) is 0 Å². The summed E-state index contributed by atoms with van der Waals surface area (Å²) in [5, 5.41) is 0. The highest BCUT2D eigenvalue weighted by Crippen LogP contribution is 2.46. The average Bonchev–Trinajstić information content (AvgIpc) is 3.63. The molecule has 0 amide bonds. The van der Waals surface area contributed by atoms with Gasteiger partial charge in [0.05, 0.1) is 0 Å². The molecule has 186 valence electrons. The Bertz CT molecular complexity index is 747. The number of benzene rings is 1. The molecule has 33 heavy (non-hydrogen) atoms. The Balaban J connectivity index is 0.00000259. The van der Waals surface area contributed by atoms with E-state index in [0.717, 1.165) is 17.8 Å². The molecule has 4 aliphatic rings. The zero-order valence-corrected chi connectivity index (χ0v) is 22.3. The number of hydrogen-bond donors (Lipinski definition) is 0. The molecule has 1 aromatic rings. The second-order valence-corrected chi connectivity index (χ2v) is 12.4. The highest BCUT2D eigenvalue weighted by Gasteiger charge is 2.33. The van der Waals surface area contributed by atoms with Crippen molar-refractivity contribution in [2.24, 2.45) is 17.3 Å². The van der Waals surface area contributed by atoms with Gasteiger partial charge in [0.1, 0.15) is 0 Å². The SMILES string of the molecule is CC(C)(C)C1CCC(c2cc(N3CCCCC3)ccc2N2CCN(CC3CC3)CC2)CC1.Cl. The largest absolute Gasteiger partial charge is 0.372 e. The minimum Gasteiger partial charge on any atom is -0.372 e. The Labute approximate surface area is 209 Å². The molecular weight excluding hydrogens is 426 g/mol. The lowest BCUT2D eigenvalue weighted by Gasteiger charge is -2.41. The van der Waals surface area contributed by atoms with Gasteiger partial charge in [0.2, 0.25) is 0 Å². The van der Waals surface area contributed by atoms with Gasteiger partial charge in [-0.05, 0) is 105 Å². The Morgan fingerprint density at radius 1 is 0.758 bits per heavy atom. The van der Waals surface area contributed by atoms with Crippen LogP contribution < -0.4 is 9.80 Å². The lowest BCUT2D eigenvalue weighted by molar-refractivity contribution is 0.169. The van der Waals surface area contributed by atoms with Gasteiger partial charge in [-0.1, -0.05) is 20.8 Å². The summed E-state index contributed by atoms with van der Waals surface area (Å²) < 4.78 is 0. The van der Waals surface area contributed by atoms with Crippen LogP contribution in [0.3, 0.4) is 0 Å². The predicted molar refractivity (Wildman–Crippen MR) is 145 cm³/mol. The molecule has 2 aliphatic heterocycles. The molecular formula is C29H48ClN3. The third-order valence-electron chi connectivity index (χ3n) is 9.05. The van der Waals surface area contributed by atoms with E-state index >= 15 is 0 Å². The van der Waals surface area contributed by atoms with Gasteiger partial charge in [-0.25, -0.2) is 0 Å². The first-order chi connectivity index (χ1) is 15.5. The van der Waals surface area contributed by atoms with Crippen molar-refractivity contribution in [2.75, 3.05) is 55.6 Å². The van der Waals surface area contributed by atoms with E-state index in [-0.39, 0.29) is 12.4 Å². The summed E-state index contributed by atoms with van der Waals surface area (Å²) >= 11 is 0. The molecule has 0 aromatic heterocycles. The molecule has 2 heterocycles. The van der Waals surface area contributed by atoms with Crippen molar-refractivity contribution in [2.45, 2.75) is 84.5 Å². The number of hydrogen-bond acceptors (Lipinski definition) is 3. The third kappa shape index (κ3) is 6.20. The van der Waals surface area contributed by atoms with Crippen molar-refractivity contribution in [3.05, 3.63) is 23.8 Å². The topological polar surface area (TPSA) is 9.72 Å². The number of piperazine rings is 1. The van der Waals surface area contributed by atoms with Crippen LogP contribution >= 0.6 is 12.4 Å². The van der Waals surface area contributed by atoms with Gasteiger partial charge in [0.25, 0.3) is 0 Å². The van der Waals surface area contributed by atoms with Crippen LogP contribution in [0.5, 0.6) is 0 Å². The average molecular weight is 474 g/mol. The molecule has 0 spiro atoms. The molecule has 5 rings (SSSR count). The zero-order chi connectivity index (χ0) is 22.1. The fourth-order valence-corrected chi connectivity index (χ4v) is 6.61. The molecule has 2 saturated carbocycles. The quantitative estimate of drug-likeness (QED) is 0.458. The van der Waals surface area contributed by atoms with Gasteiger partial charge in [-0.3, -0.25) is 4.90 Å². The number of nitrogens with zero attached hydrogens (tertiary/aromatic N) is 3. The molecule has 4 heteroatoms. The number of rotatable bonds is 5. The van der Waals surface area contributed by atoms with Crippen LogP contribution in [0.2, 0.25) is 0 Å². The number of halogens is 1. The van der Waals surface area contributed by atoms with Crippen LogP contribution in [-0.4, -0.2) is 50.7 Å². The van der Waals surface area contributed by atoms with Crippen LogP contribution in [0.25, 0.3) is 0 Å². The second-order valence-electron chi connectivity index (χ2n) is 12.4. The smallest absolute Gasteiger partial charge is 0.0404 e. The minimum atomic E-state index is 0. The number of piperidine rings is 1. The maximum Gasteiger partial charge on any atom is 0.0404 e. The van der Waals surface area contributed by atoms with Crippen molar-refractivity contribution in [1.29, 1.82) is 0 Å². The van der Waals surface area contributed by atoms with Gasteiger partial charge in [0.15, 0.2) is 0 Å². The van der Waals surface area contributed by atoms with Crippen molar-refractivity contribution in [1.82, 2.24) is 4.90 Å². The van der Waals surface area contributed by atoms with Gasteiger partial charge in [0, 0.05) is 57.2 Å². The molecule has 0 bridgehead atoms. The molecule has 3 nitrogen and oxygen atoms in total. The summed E-state index contributed by atoms with van der Waals surface area (Å²) in [5.41, 5.74) is 5.20. The summed E-state index contributed by atoms with van der Waals surface area (Å²) in [7, 11) is 0. The van der Waals surface area contributed by atoms with E-state index in [9.17, 15) is 0 Å². The molecule has 4 fully saturated rings. The van der Waals surface area contributed by atoms with Crippen LogP contribution in [0.1, 0.15) is 90.0 Å². The third-order valence-corrected chi connectivity index (χ3v) is 9.05. The fourth-order valence-electron chi connectivity index (χ4n) is 6.61. The zero-order valence-electron chi connectivity index (χ0n) is 21.5. The van der Waals surface area contributed by atoms with Crippen molar-refractivity contribution >= 4 is 23.8 Å². The van der Waals surface area contributed by atoms with Crippen molar-refractivity contribution < 1.29 is 0 Å². The lowest BCUT2D eigenvalue weighted by atomic mass is 9.68. The summed E-state index contributed by atoms with van der Waals surface area (Å²) in [6.07, 6.45) is 12.6. The first kappa shape index (κ1) is 25.2. The molecule has 2 aliphatic carbocycles. The van der Waals surface area contributed by atoms with E-state index in [4.69, 9.17) is 0 Å². The standard InChI is InChI=1S/C29H47N3.ClH/c1-29(2,3)25-11-9-24(10-12-25)27-21-26(31-15-5-4-6-16-31)13-14-28(27)32-19-17-30(18-20-32)22-23-7-8-23;/h13-14,21,23-25H,4-12,15-20,22H2,1-3H3;1H. The summed E-state index contributed by atoms with van der Waals surface area (Å²) in [6.45, 7) is 16.1.